The molecule has 25 heavy (non-hydrogen) atoms. The van der Waals surface area contributed by atoms with Gasteiger partial charge < -0.3 is 10.1 Å². The van der Waals surface area contributed by atoms with Gasteiger partial charge in [-0.3, -0.25) is 4.79 Å². The number of halogens is 2. The Labute approximate surface area is 151 Å². The zero-order chi connectivity index (χ0) is 17.8. The van der Waals surface area contributed by atoms with Crippen molar-refractivity contribution in [2.45, 2.75) is 26.2 Å². The minimum atomic E-state index is -0.342. The fourth-order valence-corrected chi connectivity index (χ4v) is 2.87. The highest BCUT2D eigenvalue weighted by atomic mass is 35.5. The van der Waals surface area contributed by atoms with Gasteiger partial charge in [-0.1, -0.05) is 11.6 Å². The number of amides is 1. The monoisotopic (exact) mass is 365 g/mol. The second-order valence-electron chi connectivity index (χ2n) is 6.27. The van der Waals surface area contributed by atoms with Crippen molar-refractivity contribution in [1.82, 2.24) is 15.1 Å². The average Bonchev–Trinajstić information content (AvgIpc) is 3.36. The second kappa shape index (κ2) is 7.97. The number of hydrogen-bond acceptors (Lipinski definition) is 3. The third-order valence-electron chi connectivity index (χ3n) is 4.10. The maximum absolute atomic E-state index is 13.1. The number of ether oxygens (including phenoxy) is 1. The Balaban J connectivity index is 1.57. The van der Waals surface area contributed by atoms with Crippen LogP contribution in [0.3, 0.4) is 0 Å². The van der Waals surface area contributed by atoms with E-state index in [9.17, 15) is 9.18 Å². The van der Waals surface area contributed by atoms with Gasteiger partial charge in [0.05, 0.1) is 16.9 Å². The van der Waals surface area contributed by atoms with Gasteiger partial charge in [0.1, 0.15) is 11.0 Å². The molecule has 7 heteroatoms. The van der Waals surface area contributed by atoms with Gasteiger partial charge in [-0.15, -0.1) is 0 Å². The number of carbonyl (C=O) groups excluding carboxylic acids is 1. The van der Waals surface area contributed by atoms with E-state index in [-0.39, 0.29) is 16.9 Å². The molecule has 1 aromatic heterocycles. The Morgan fingerprint density at radius 3 is 2.80 bits per heavy atom. The minimum Gasteiger partial charge on any atom is -0.381 e. The second-order valence-corrected chi connectivity index (χ2v) is 6.63. The van der Waals surface area contributed by atoms with Crippen molar-refractivity contribution in [3.63, 3.8) is 0 Å². The highest BCUT2D eigenvalue weighted by Crippen LogP contribution is 2.28. The normalized spacial score (nSPS) is 13.9. The van der Waals surface area contributed by atoms with Crippen LogP contribution in [0.25, 0.3) is 5.69 Å². The molecule has 0 radical (unpaired) electrons. The van der Waals surface area contributed by atoms with Crippen LogP contribution in [0.15, 0.2) is 24.3 Å². The molecule has 2 aromatic rings. The largest absolute Gasteiger partial charge is 0.381 e. The number of rotatable bonds is 8. The van der Waals surface area contributed by atoms with E-state index in [1.54, 1.807) is 19.1 Å². The lowest BCUT2D eigenvalue weighted by molar-refractivity contribution is 0.0937. The molecule has 1 aliphatic rings. The van der Waals surface area contributed by atoms with Crippen molar-refractivity contribution in [2.75, 3.05) is 19.8 Å². The number of aryl methyl sites for hydroxylation is 1. The quantitative estimate of drug-likeness (QED) is 0.728. The van der Waals surface area contributed by atoms with Crippen LogP contribution in [0.2, 0.25) is 5.15 Å². The average molecular weight is 366 g/mol. The van der Waals surface area contributed by atoms with Crippen molar-refractivity contribution >= 4 is 17.5 Å². The van der Waals surface area contributed by atoms with E-state index in [4.69, 9.17) is 16.3 Å². The Kier molecular flexibility index (Phi) is 5.71. The highest BCUT2D eigenvalue weighted by molar-refractivity contribution is 6.33. The van der Waals surface area contributed by atoms with Gasteiger partial charge in [0.15, 0.2) is 0 Å². The van der Waals surface area contributed by atoms with Crippen LogP contribution in [0.1, 0.15) is 35.3 Å². The number of aromatic nitrogens is 2. The molecule has 1 amide bonds. The van der Waals surface area contributed by atoms with Gasteiger partial charge in [0, 0.05) is 19.8 Å². The maximum atomic E-state index is 13.1. The number of carbonyl (C=O) groups is 1. The zero-order valence-corrected chi connectivity index (χ0v) is 14.9. The molecule has 0 aliphatic heterocycles. The van der Waals surface area contributed by atoms with Gasteiger partial charge in [0.2, 0.25) is 0 Å². The van der Waals surface area contributed by atoms with E-state index in [0.717, 1.165) is 18.9 Å². The smallest absolute Gasteiger partial charge is 0.256 e. The van der Waals surface area contributed by atoms with Crippen molar-refractivity contribution in [1.29, 1.82) is 0 Å². The summed E-state index contributed by atoms with van der Waals surface area (Å²) < 4.78 is 20.0. The topological polar surface area (TPSA) is 56.2 Å². The van der Waals surface area contributed by atoms with Crippen molar-refractivity contribution in [3.05, 3.63) is 46.5 Å². The maximum Gasteiger partial charge on any atom is 0.256 e. The van der Waals surface area contributed by atoms with Crippen LogP contribution in [0.4, 0.5) is 4.39 Å². The summed E-state index contributed by atoms with van der Waals surface area (Å²) in [6, 6.07) is 5.77. The van der Waals surface area contributed by atoms with Crippen LogP contribution >= 0.6 is 11.6 Å². The SMILES string of the molecule is Cc1nn(-c2ccc(F)cc2)c(Cl)c1C(=O)NCCCOCC1CC1. The molecule has 1 heterocycles. The van der Waals surface area contributed by atoms with Crippen LogP contribution in [-0.4, -0.2) is 35.4 Å². The Bertz CT molecular complexity index is 742. The van der Waals surface area contributed by atoms with Crippen LogP contribution in [0.5, 0.6) is 0 Å². The first-order chi connectivity index (χ1) is 12.1. The first-order valence-corrected chi connectivity index (χ1v) is 8.81. The number of nitrogens with one attached hydrogen (secondary N) is 1. The zero-order valence-electron chi connectivity index (χ0n) is 14.1. The molecule has 0 saturated heterocycles. The first kappa shape index (κ1) is 17.9. The lowest BCUT2D eigenvalue weighted by Gasteiger charge is -2.06. The van der Waals surface area contributed by atoms with Gasteiger partial charge in [0.25, 0.3) is 5.91 Å². The van der Waals surface area contributed by atoms with Gasteiger partial charge in [-0.2, -0.15) is 5.10 Å². The van der Waals surface area contributed by atoms with Gasteiger partial charge in [-0.25, -0.2) is 9.07 Å². The number of nitrogens with zero attached hydrogens (tertiary/aromatic N) is 2. The molecular formula is C18H21ClFN3O2. The van der Waals surface area contributed by atoms with Crippen molar-refractivity contribution in [3.8, 4) is 5.69 Å². The Morgan fingerprint density at radius 2 is 2.12 bits per heavy atom. The van der Waals surface area contributed by atoms with E-state index in [0.29, 0.717) is 30.1 Å². The molecule has 1 aromatic carbocycles. The summed E-state index contributed by atoms with van der Waals surface area (Å²) in [5.74, 6) is 0.136. The molecule has 0 atom stereocenters. The summed E-state index contributed by atoms with van der Waals surface area (Å²) in [4.78, 5) is 12.4. The lowest BCUT2D eigenvalue weighted by Crippen LogP contribution is -2.26. The third-order valence-corrected chi connectivity index (χ3v) is 4.45. The molecule has 0 spiro atoms. The van der Waals surface area contributed by atoms with Crippen LogP contribution in [0, 0.1) is 18.7 Å². The lowest BCUT2D eigenvalue weighted by atomic mass is 10.2. The summed E-state index contributed by atoms with van der Waals surface area (Å²) in [6.07, 6.45) is 3.29. The molecule has 1 N–H and O–H groups in total. The molecule has 5 nitrogen and oxygen atoms in total. The predicted molar refractivity (Wildman–Crippen MR) is 93.8 cm³/mol. The summed E-state index contributed by atoms with van der Waals surface area (Å²) in [6.45, 7) is 3.70. The molecule has 3 rings (SSSR count). The first-order valence-electron chi connectivity index (χ1n) is 8.43. The van der Waals surface area contributed by atoms with Crippen LogP contribution in [-0.2, 0) is 4.74 Å². The fraction of sp³-hybridized carbons (Fsp3) is 0.444. The molecule has 1 saturated carbocycles. The fourth-order valence-electron chi connectivity index (χ4n) is 2.51. The van der Waals surface area contributed by atoms with Gasteiger partial charge in [-0.05, 0) is 56.4 Å². The molecule has 134 valence electrons. The van der Waals surface area contributed by atoms with E-state index in [1.165, 1.54) is 29.7 Å². The molecule has 1 fully saturated rings. The standard InChI is InChI=1S/C18H21ClFN3O2/c1-12-16(18(24)21-9-2-10-25-11-13-3-4-13)17(19)23(22-12)15-7-5-14(20)6-8-15/h5-8,13H,2-4,9-11H2,1H3,(H,21,24). The number of hydrogen-bond donors (Lipinski definition) is 1. The van der Waals surface area contributed by atoms with Crippen LogP contribution < -0.4 is 5.32 Å². The molecule has 1 aliphatic carbocycles. The van der Waals surface area contributed by atoms with E-state index in [1.807, 2.05) is 0 Å². The molecular weight excluding hydrogens is 345 g/mol. The molecule has 0 bridgehead atoms. The highest BCUT2D eigenvalue weighted by Gasteiger charge is 2.22. The summed E-state index contributed by atoms with van der Waals surface area (Å²) in [5, 5.41) is 7.35. The van der Waals surface area contributed by atoms with E-state index in [2.05, 4.69) is 10.4 Å². The van der Waals surface area contributed by atoms with Crippen molar-refractivity contribution < 1.29 is 13.9 Å². The third kappa shape index (κ3) is 4.58. The predicted octanol–water partition coefficient (Wildman–Crippen LogP) is 3.52. The Hall–Kier alpha value is -1.92. The van der Waals surface area contributed by atoms with E-state index >= 15 is 0 Å². The minimum absolute atomic E-state index is 0.214. The summed E-state index contributed by atoms with van der Waals surface area (Å²) >= 11 is 6.32. The van der Waals surface area contributed by atoms with Crippen molar-refractivity contribution in [2.24, 2.45) is 5.92 Å². The van der Waals surface area contributed by atoms with E-state index < -0.39 is 0 Å². The van der Waals surface area contributed by atoms with Gasteiger partial charge >= 0.3 is 0 Å². The Morgan fingerprint density at radius 1 is 1.40 bits per heavy atom. The summed E-state index contributed by atoms with van der Waals surface area (Å²) in [7, 11) is 0. The molecule has 0 unspecified atom stereocenters. The number of benzene rings is 1. The summed E-state index contributed by atoms with van der Waals surface area (Å²) in [5.41, 5.74) is 1.46.